The zero-order valence-electron chi connectivity index (χ0n) is 11.5. The molecule has 2 unspecified atom stereocenters. The van der Waals surface area contributed by atoms with Crippen molar-refractivity contribution >= 4 is 17.4 Å². The molecule has 0 fully saturated rings. The summed E-state index contributed by atoms with van der Waals surface area (Å²) in [4.78, 5) is 25.4. The number of methoxy groups -OCH3 is 1. The van der Waals surface area contributed by atoms with Crippen molar-refractivity contribution in [2.24, 2.45) is 5.92 Å². The average Bonchev–Trinajstić information content (AvgIpc) is 2.95. The highest BCUT2D eigenvalue weighted by molar-refractivity contribution is 5.94. The molecule has 1 aromatic rings. The minimum atomic E-state index is -1.02. The van der Waals surface area contributed by atoms with Crippen molar-refractivity contribution in [2.75, 3.05) is 18.6 Å². The van der Waals surface area contributed by atoms with Gasteiger partial charge < -0.3 is 14.7 Å². The largest absolute Gasteiger partial charge is 0.465 e. The van der Waals surface area contributed by atoms with E-state index in [1.807, 2.05) is 17.2 Å². The van der Waals surface area contributed by atoms with Gasteiger partial charge in [-0.2, -0.15) is 0 Å². The summed E-state index contributed by atoms with van der Waals surface area (Å²) < 4.78 is 4.71. The fraction of sp³-hybridized carbons (Fsp3) is 0.250. The molecule has 108 valence electrons. The molecule has 21 heavy (non-hydrogen) atoms. The molecule has 2 aliphatic rings. The summed E-state index contributed by atoms with van der Waals surface area (Å²) in [5.74, 6) is -0.894. The van der Waals surface area contributed by atoms with Crippen LogP contribution >= 0.6 is 0 Å². The number of benzene rings is 1. The lowest BCUT2D eigenvalue weighted by molar-refractivity contribution is -0.127. The number of ether oxygens (including phenoxy) is 1. The molecule has 5 nitrogen and oxygen atoms in total. The summed E-state index contributed by atoms with van der Waals surface area (Å²) >= 11 is 0. The van der Waals surface area contributed by atoms with Crippen molar-refractivity contribution in [3.05, 3.63) is 53.8 Å². The third-order valence-corrected chi connectivity index (χ3v) is 3.79. The minimum absolute atomic E-state index is 0.185. The Kier molecular flexibility index (Phi) is 3.35. The molecular formula is C16H15NO4. The van der Waals surface area contributed by atoms with Gasteiger partial charge in [0.25, 0.3) is 0 Å². The number of rotatable bonds is 2. The molecule has 0 spiro atoms. The third-order valence-electron chi connectivity index (χ3n) is 3.79. The van der Waals surface area contributed by atoms with Gasteiger partial charge in [0.15, 0.2) is 5.78 Å². The van der Waals surface area contributed by atoms with Crippen molar-refractivity contribution in [3.8, 4) is 0 Å². The van der Waals surface area contributed by atoms with E-state index in [1.54, 1.807) is 24.3 Å². The number of allylic oxidation sites excluding steroid dienone is 1. The van der Waals surface area contributed by atoms with Crippen LogP contribution in [0.1, 0.15) is 10.4 Å². The lowest BCUT2D eigenvalue weighted by atomic mass is 9.89. The van der Waals surface area contributed by atoms with E-state index in [4.69, 9.17) is 4.74 Å². The zero-order chi connectivity index (χ0) is 15.0. The number of esters is 1. The number of fused-ring (bicyclic) bond motifs is 1. The summed E-state index contributed by atoms with van der Waals surface area (Å²) in [6.45, 7) is 0.472. The smallest absolute Gasteiger partial charge is 0.337 e. The van der Waals surface area contributed by atoms with E-state index in [0.29, 0.717) is 12.1 Å². The van der Waals surface area contributed by atoms with Gasteiger partial charge in [0.2, 0.25) is 0 Å². The second-order valence-electron chi connectivity index (χ2n) is 5.08. The van der Waals surface area contributed by atoms with Crippen LogP contribution < -0.4 is 4.90 Å². The molecular weight excluding hydrogens is 270 g/mol. The van der Waals surface area contributed by atoms with Gasteiger partial charge in [-0.3, -0.25) is 4.79 Å². The average molecular weight is 285 g/mol. The van der Waals surface area contributed by atoms with Crippen LogP contribution in [-0.4, -0.2) is 36.6 Å². The van der Waals surface area contributed by atoms with E-state index in [0.717, 1.165) is 11.3 Å². The van der Waals surface area contributed by atoms with Gasteiger partial charge >= 0.3 is 5.97 Å². The van der Waals surface area contributed by atoms with Gasteiger partial charge in [-0.05, 0) is 29.8 Å². The second kappa shape index (κ2) is 5.18. The number of Topliss-reactive ketones (excluding diaryl/α,β-unsaturated/α-hetero) is 1. The number of ketones is 1. The molecule has 3 rings (SSSR count). The normalized spacial score (nSPS) is 23.8. The predicted molar refractivity (Wildman–Crippen MR) is 76.9 cm³/mol. The number of aliphatic hydroxyl groups is 1. The first kappa shape index (κ1) is 13.6. The quantitative estimate of drug-likeness (QED) is 0.829. The molecule has 5 heteroatoms. The van der Waals surface area contributed by atoms with Crippen LogP contribution in [0.5, 0.6) is 0 Å². The first-order valence-corrected chi connectivity index (χ1v) is 6.67. The fourth-order valence-electron chi connectivity index (χ4n) is 2.65. The number of carbonyl (C=O) groups is 2. The number of nitrogens with zero attached hydrogens (tertiary/aromatic N) is 1. The Morgan fingerprint density at radius 1 is 1.43 bits per heavy atom. The van der Waals surface area contributed by atoms with Crippen LogP contribution in [0.4, 0.5) is 5.69 Å². The zero-order valence-corrected chi connectivity index (χ0v) is 11.5. The van der Waals surface area contributed by atoms with E-state index in [2.05, 4.69) is 0 Å². The molecule has 0 saturated carbocycles. The Morgan fingerprint density at radius 2 is 2.24 bits per heavy atom. The maximum absolute atomic E-state index is 12.0. The van der Waals surface area contributed by atoms with Crippen LogP contribution in [0.2, 0.25) is 0 Å². The van der Waals surface area contributed by atoms with Gasteiger partial charge in [-0.1, -0.05) is 12.1 Å². The Hall–Kier alpha value is -2.40. The van der Waals surface area contributed by atoms with Crippen LogP contribution in [0, 0.1) is 5.92 Å². The van der Waals surface area contributed by atoms with Crippen LogP contribution in [0.3, 0.4) is 0 Å². The lowest BCUT2D eigenvalue weighted by Crippen LogP contribution is -2.33. The van der Waals surface area contributed by atoms with E-state index >= 15 is 0 Å². The first-order valence-electron chi connectivity index (χ1n) is 6.67. The van der Waals surface area contributed by atoms with E-state index < -0.39 is 12.1 Å². The Bertz CT molecular complexity index is 662. The SMILES string of the molecule is COC(=O)c1cccc(N2C=C3C=CC(O)C(=O)C3C2)c1. The Labute approximate surface area is 122 Å². The van der Waals surface area contributed by atoms with Crippen LogP contribution in [0.15, 0.2) is 48.2 Å². The molecule has 1 aromatic carbocycles. The lowest BCUT2D eigenvalue weighted by Gasteiger charge is -2.20. The first-order chi connectivity index (χ1) is 10.1. The molecule has 0 saturated heterocycles. The number of anilines is 1. The summed E-state index contributed by atoms with van der Waals surface area (Å²) in [5.41, 5.74) is 2.16. The van der Waals surface area contributed by atoms with E-state index in [-0.39, 0.29) is 11.7 Å². The molecule has 0 radical (unpaired) electrons. The third kappa shape index (κ3) is 2.36. The molecule has 0 bridgehead atoms. The van der Waals surface area contributed by atoms with Gasteiger partial charge in [0.1, 0.15) is 6.10 Å². The predicted octanol–water partition coefficient (Wildman–Crippen LogP) is 1.29. The van der Waals surface area contributed by atoms with Gasteiger partial charge in [0.05, 0.1) is 18.6 Å². The second-order valence-corrected chi connectivity index (χ2v) is 5.08. The number of aliphatic hydroxyl groups excluding tert-OH is 1. The maximum Gasteiger partial charge on any atom is 0.337 e. The van der Waals surface area contributed by atoms with Crippen LogP contribution in [-0.2, 0) is 9.53 Å². The van der Waals surface area contributed by atoms with Crippen LogP contribution in [0.25, 0.3) is 0 Å². The fourth-order valence-corrected chi connectivity index (χ4v) is 2.65. The van der Waals surface area contributed by atoms with Gasteiger partial charge in [0, 0.05) is 18.4 Å². The number of hydrogen-bond acceptors (Lipinski definition) is 5. The van der Waals surface area contributed by atoms with Crippen molar-refractivity contribution in [1.82, 2.24) is 0 Å². The standard InChI is InChI=1S/C16H15NO4/c1-21-16(20)10-3-2-4-12(7-10)17-8-11-5-6-14(18)15(19)13(11)9-17/h2-8,13-14,18H,9H2,1H3. The van der Waals surface area contributed by atoms with Gasteiger partial charge in [-0.15, -0.1) is 0 Å². The minimum Gasteiger partial charge on any atom is -0.465 e. The summed E-state index contributed by atoms with van der Waals surface area (Å²) in [5, 5.41) is 9.59. The topological polar surface area (TPSA) is 66.8 Å². The molecule has 2 atom stereocenters. The van der Waals surface area contributed by atoms with Crippen molar-refractivity contribution in [2.45, 2.75) is 6.10 Å². The summed E-state index contributed by atoms with van der Waals surface area (Å²) in [7, 11) is 1.34. The van der Waals surface area contributed by atoms with E-state index in [9.17, 15) is 14.7 Å². The molecule has 1 aliphatic carbocycles. The number of carbonyl (C=O) groups excluding carboxylic acids is 2. The van der Waals surface area contributed by atoms with E-state index in [1.165, 1.54) is 13.2 Å². The summed E-state index contributed by atoms with van der Waals surface area (Å²) in [6.07, 6.45) is 4.13. The highest BCUT2D eigenvalue weighted by Gasteiger charge is 2.35. The molecule has 0 aromatic heterocycles. The monoisotopic (exact) mass is 285 g/mol. The summed E-state index contributed by atoms with van der Waals surface area (Å²) in [6, 6.07) is 7.05. The highest BCUT2D eigenvalue weighted by Crippen LogP contribution is 2.32. The Morgan fingerprint density at radius 3 is 3.00 bits per heavy atom. The number of hydrogen-bond donors (Lipinski definition) is 1. The van der Waals surface area contributed by atoms with Crippen molar-refractivity contribution < 1.29 is 19.4 Å². The van der Waals surface area contributed by atoms with Crippen molar-refractivity contribution in [1.29, 1.82) is 0 Å². The molecule has 1 N–H and O–H groups in total. The maximum atomic E-state index is 12.0. The molecule has 0 amide bonds. The molecule has 1 aliphatic heterocycles. The Balaban J connectivity index is 1.88. The molecule has 1 heterocycles. The highest BCUT2D eigenvalue weighted by atomic mass is 16.5. The van der Waals surface area contributed by atoms with Gasteiger partial charge in [-0.25, -0.2) is 4.79 Å². The van der Waals surface area contributed by atoms with Crippen molar-refractivity contribution in [3.63, 3.8) is 0 Å².